The Bertz CT molecular complexity index is 1070. The van der Waals surface area contributed by atoms with Crippen molar-refractivity contribution < 1.29 is 4.79 Å². The van der Waals surface area contributed by atoms with E-state index in [2.05, 4.69) is 73.3 Å². The second kappa shape index (κ2) is 10.8. The van der Waals surface area contributed by atoms with Gasteiger partial charge in [0.15, 0.2) is 5.96 Å². The maximum atomic E-state index is 11.4. The highest BCUT2D eigenvalue weighted by Gasteiger charge is 2.23. The molecule has 3 aromatic rings. The van der Waals surface area contributed by atoms with Crippen molar-refractivity contribution in [3.05, 3.63) is 78.4 Å². The SMILES string of the molecule is CN=C(NCc1ccccc1-c1ccc(Cn2ccnc2)cc1)N1CCCC(CC(N)=O)C1. The smallest absolute Gasteiger partial charge is 0.217 e. The van der Waals surface area contributed by atoms with E-state index in [1.54, 1.807) is 6.20 Å². The highest BCUT2D eigenvalue weighted by Crippen LogP contribution is 2.25. The number of benzene rings is 2. The zero-order chi connectivity index (χ0) is 23.0. The molecule has 1 atom stereocenters. The van der Waals surface area contributed by atoms with Gasteiger partial charge in [-0.3, -0.25) is 9.79 Å². The number of nitrogens with zero attached hydrogens (tertiary/aromatic N) is 4. The molecule has 7 nitrogen and oxygen atoms in total. The van der Waals surface area contributed by atoms with Crippen LogP contribution in [0.25, 0.3) is 11.1 Å². The number of aliphatic imine (C=N–C) groups is 1. The third-order valence-electron chi connectivity index (χ3n) is 6.16. The molecule has 1 aliphatic heterocycles. The summed E-state index contributed by atoms with van der Waals surface area (Å²) in [5.74, 6) is 0.937. The summed E-state index contributed by atoms with van der Waals surface area (Å²) in [5.41, 5.74) is 10.3. The maximum Gasteiger partial charge on any atom is 0.217 e. The summed E-state index contributed by atoms with van der Waals surface area (Å²) in [5, 5.41) is 3.53. The second-order valence-corrected chi connectivity index (χ2v) is 8.61. The lowest BCUT2D eigenvalue weighted by Crippen LogP contribution is -2.46. The molecule has 1 aromatic heterocycles. The lowest BCUT2D eigenvalue weighted by molar-refractivity contribution is -0.119. The number of aromatic nitrogens is 2. The quantitative estimate of drug-likeness (QED) is 0.432. The van der Waals surface area contributed by atoms with Crippen molar-refractivity contribution >= 4 is 11.9 Å². The number of carbonyl (C=O) groups is 1. The molecule has 1 fully saturated rings. The number of rotatable bonds is 7. The third kappa shape index (κ3) is 6.00. The van der Waals surface area contributed by atoms with Crippen LogP contribution in [0.3, 0.4) is 0 Å². The van der Waals surface area contributed by atoms with Crippen molar-refractivity contribution in [3.63, 3.8) is 0 Å². The van der Waals surface area contributed by atoms with Crippen LogP contribution in [0.4, 0.5) is 0 Å². The molecule has 172 valence electrons. The molecule has 2 heterocycles. The van der Waals surface area contributed by atoms with Gasteiger partial charge in [0.2, 0.25) is 5.91 Å². The molecular formula is C26H32N6O. The maximum absolute atomic E-state index is 11.4. The van der Waals surface area contributed by atoms with Gasteiger partial charge in [-0.2, -0.15) is 0 Å². The van der Waals surface area contributed by atoms with Gasteiger partial charge in [-0.1, -0.05) is 48.5 Å². The van der Waals surface area contributed by atoms with Crippen LogP contribution in [-0.4, -0.2) is 46.5 Å². The fourth-order valence-electron chi connectivity index (χ4n) is 4.55. The fourth-order valence-corrected chi connectivity index (χ4v) is 4.55. The highest BCUT2D eigenvalue weighted by molar-refractivity contribution is 5.80. The Morgan fingerprint density at radius 3 is 2.76 bits per heavy atom. The molecule has 4 rings (SSSR count). The van der Waals surface area contributed by atoms with Crippen LogP contribution in [-0.2, 0) is 17.9 Å². The van der Waals surface area contributed by atoms with Crippen LogP contribution in [0.5, 0.6) is 0 Å². The average molecular weight is 445 g/mol. The number of amides is 1. The van der Waals surface area contributed by atoms with Gasteiger partial charge in [0.1, 0.15) is 0 Å². The Morgan fingerprint density at radius 1 is 1.21 bits per heavy atom. The van der Waals surface area contributed by atoms with Gasteiger partial charge in [0.25, 0.3) is 0 Å². The first-order valence-electron chi connectivity index (χ1n) is 11.5. The van der Waals surface area contributed by atoms with Crippen molar-refractivity contribution in [1.29, 1.82) is 0 Å². The summed E-state index contributed by atoms with van der Waals surface area (Å²) in [4.78, 5) is 22.2. The van der Waals surface area contributed by atoms with E-state index in [-0.39, 0.29) is 5.91 Å². The Hall–Kier alpha value is -3.61. The normalized spacial score (nSPS) is 16.6. The molecule has 3 N–H and O–H groups in total. The number of nitrogens with two attached hydrogens (primary N) is 1. The van der Waals surface area contributed by atoms with Crippen molar-refractivity contribution in [3.8, 4) is 11.1 Å². The van der Waals surface area contributed by atoms with Crippen LogP contribution >= 0.6 is 0 Å². The van der Waals surface area contributed by atoms with E-state index >= 15 is 0 Å². The predicted octanol–water partition coefficient (Wildman–Crippen LogP) is 3.26. The van der Waals surface area contributed by atoms with Crippen molar-refractivity contribution in [1.82, 2.24) is 19.8 Å². The average Bonchev–Trinajstić information content (AvgIpc) is 3.33. The molecule has 1 amide bonds. The molecule has 0 saturated carbocycles. The van der Waals surface area contributed by atoms with Gasteiger partial charge in [-0.25, -0.2) is 4.98 Å². The number of carbonyl (C=O) groups excluding carboxylic acids is 1. The van der Waals surface area contributed by atoms with E-state index in [4.69, 9.17) is 5.73 Å². The minimum absolute atomic E-state index is 0.227. The Morgan fingerprint density at radius 2 is 2.03 bits per heavy atom. The van der Waals surface area contributed by atoms with Crippen LogP contribution in [0.1, 0.15) is 30.4 Å². The van der Waals surface area contributed by atoms with Crippen molar-refractivity contribution in [2.24, 2.45) is 16.6 Å². The second-order valence-electron chi connectivity index (χ2n) is 8.61. The van der Waals surface area contributed by atoms with Crippen LogP contribution in [0.2, 0.25) is 0 Å². The largest absolute Gasteiger partial charge is 0.370 e. The number of piperidine rings is 1. The molecule has 0 spiro atoms. The van der Waals surface area contributed by atoms with Crippen molar-refractivity contribution in [2.45, 2.75) is 32.4 Å². The highest BCUT2D eigenvalue weighted by atomic mass is 16.1. The molecule has 0 radical (unpaired) electrons. The number of nitrogens with one attached hydrogen (secondary N) is 1. The lowest BCUT2D eigenvalue weighted by Gasteiger charge is -2.34. The molecular weight excluding hydrogens is 412 g/mol. The zero-order valence-electron chi connectivity index (χ0n) is 19.2. The molecule has 1 unspecified atom stereocenters. The first kappa shape index (κ1) is 22.6. The van der Waals surface area contributed by atoms with E-state index in [0.29, 0.717) is 18.9 Å². The van der Waals surface area contributed by atoms with Crippen LogP contribution < -0.4 is 11.1 Å². The number of likely N-dealkylation sites (tertiary alicyclic amines) is 1. The molecule has 7 heteroatoms. The Balaban J connectivity index is 1.42. The van der Waals surface area contributed by atoms with Gasteiger partial charge >= 0.3 is 0 Å². The molecule has 0 aliphatic carbocycles. The van der Waals surface area contributed by atoms with Crippen LogP contribution in [0, 0.1) is 5.92 Å². The predicted molar refractivity (Wildman–Crippen MR) is 132 cm³/mol. The Kier molecular flexibility index (Phi) is 7.40. The van der Waals surface area contributed by atoms with Crippen LogP contribution in [0.15, 0.2) is 72.2 Å². The summed E-state index contributed by atoms with van der Waals surface area (Å²) in [7, 11) is 1.81. The molecule has 1 aliphatic rings. The van der Waals surface area contributed by atoms with E-state index < -0.39 is 0 Å². The molecule has 1 saturated heterocycles. The number of imidazole rings is 1. The molecule has 0 bridgehead atoms. The Labute approximate surface area is 195 Å². The summed E-state index contributed by atoms with van der Waals surface area (Å²) < 4.78 is 2.06. The minimum atomic E-state index is -0.227. The number of hydrogen-bond donors (Lipinski definition) is 2. The number of guanidine groups is 1. The van der Waals surface area contributed by atoms with Gasteiger partial charge < -0.3 is 20.5 Å². The van der Waals surface area contributed by atoms with E-state index in [0.717, 1.165) is 38.4 Å². The summed E-state index contributed by atoms with van der Waals surface area (Å²) >= 11 is 0. The summed E-state index contributed by atoms with van der Waals surface area (Å²) in [6.07, 6.45) is 8.12. The number of primary amides is 1. The molecule has 33 heavy (non-hydrogen) atoms. The zero-order valence-corrected chi connectivity index (χ0v) is 19.2. The first-order chi connectivity index (χ1) is 16.1. The monoisotopic (exact) mass is 444 g/mol. The number of hydrogen-bond acceptors (Lipinski definition) is 3. The fraction of sp³-hybridized carbons (Fsp3) is 0.346. The van der Waals surface area contributed by atoms with E-state index in [1.807, 2.05) is 19.6 Å². The van der Waals surface area contributed by atoms with Crippen molar-refractivity contribution in [2.75, 3.05) is 20.1 Å². The van der Waals surface area contributed by atoms with Gasteiger partial charge in [0.05, 0.1) is 6.33 Å². The van der Waals surface area contributed by atoms with Gasteiger partial charge in [-0.15, -0.1) is 0 Å². The van der Waals surface area contributed by atoms with E-state index in [1.165, 1.54) is 22.3 Å². The minimum Gasteiger partial charge on any atom is -0.370 e. The van der Waals surface area contributed by atoms with E-state index in [9.17, 15) is 4.79 Å². The standard InChI is InChI=1S/C26H32N6O/c1-28-26(32-13-4-5-21(18-32)15-25(27)33)30-16-23-6-2-3-7-24(23)22-10-8-20(9-11-22)17-31-14-12-29-19-31/h2-3,6-12,14,19,21H,4-5,13,15-18H2,1H3,(H2,27,33)(H,28,30). The summed E-state index contributed by atoms with van der Waals surface area (Å²) in [6.45, 7) is 3.24. The summed E-state index contributed by atoms with van der Waals surface area (Å²) in [6, 6.07) is 17.2. The van der Waals surface area contributed by atoms with Gasteiger partial charge in [-0.05, 0) is 41.0 Å². The first-order valence-corrected chi connectivity index (χ1v) is 11.5. The topological polar surface area (TPSA) is 88.5 Å². The lowest BCUT2D eigenvalue weighted by atomic mass is 9.95. The molecule has 2 aromatic carbocycles. The third-order valence-corrected chi connectivity index (χ3v) is 6.16. The van der Waals surface area contributed by atoms with Gasteiger partial charge in [0, 0.05) is 52.0 Å².